The first kappa shape index (κ1) is 13.9. The summed E-state index contributed by atoms with van der Waals surface area (Å²) in [5.41, 5.74) is 2.00. The first-order valence-electron chi connectivity index (χ1n) is 6.58. The highest BCUT2D eigenvalue weighted by Gasteiger charge is 2.31. The Hall–Kier alpha value is -1.01. The molecule has 0 aliphatic heterocycles. The number of aliphatic carboxylic acids is 1. The molecule has 1 aromatic carbocycles. The van der Waals surface area contributed by atoms with Gasteiger partial charge in [0.05, 0.1) is 16.8 Å². The summed E-state index contributed by atoms with van der Waals surface area (Å²) < 4.78 is 3.19. The Kier molecular flexibility index (Phi) is 3.77. The summed E-state index contributed by atoms with van der Waals surface area (Å²) in [4.78, 5) is 15.4. The molecule has 106 valence electrons. The van der Waals surface area contributed by atoms with E-state index in [9.17, 15) is 4.79 Å². The van der Waals surface area contributed by atoms with Crippen LogP contribution in [0.15, 0.2) is 27.8 Å². The summed E-state index contributed by atoms with van der Waals surface area (Å²) in [5.74, 6) is -0.0731. The molecule has 1 aliphatic rings. The number of imidazole rings is 1. The molecule has 1 aromatic heterocycles. The van der Waals surface area contributed by atoms with E-state index in [4.69, 9.17) is 5.11 Å². The van der Waals surface area contributed by atoms with Gasteiger partial charge in [-0.2, -0.15) is 0 Å². The van der Waals surface area contributed by atoms with E-state index in [1.165, 1.54) is 24.6 Å². The van der Waals surface area contributed by atoms with Gasteiger partial charge in [-0.15, -0.1) is 0 Å². The van der Waals surface area contributed by atoms with Crippen LogP contribution in [0.3, 0.4) is 0 Å². The number of halogens is 1. The Morgan fingerprint density at radius 1 is 1.60 bits per heavy atom. The number of nitrogens with zero attached hydrogens (tertiary/aromatic N) is 2. The van der Waals surface area contributed by atoms with Gasteiger partial charge in [-0.3, -0.25) is 4.79 Å². The molecule has 3 rings (SSSR count). The van der Waals surface area contributed by atoms with Crippen molar-refractivity contribution in [2.24, 2.45) is 5.92 Å². The van der Waals surface area contributed by atoms with Crippen molar-refractivity contribution in [3.8, 4) is 0 Å². The highest BCUT2D eigenvalue weighted by Crippen LogP contribution is 2.42. The van der Waals surface area contributed by atoms with Crippen molar-refractivity contribution in [1.29, 1.82) is 0 Å². The van der Waals surface area contributed by atoms with E-state index in [-0.39, 0.29) is 5.75 Å². The minimum Gasteiger partial charge on any atom is -0.481 e. The zero-order valence-electron chi connectivity index (χ0n) is 11.0. The third-order valence-electron chi connectivity index (χ3n) is 3.66. The summed E-state index contributed by atoms with van der Waals surface area (Å²) >= 11 is 4.75. The largest absolute Gasteiger partial charge is 0.481 e. The van der Waals surface area contributed by atoms with E-state index in [0.29, 0.717) is 12.0 Å². The molecule has 0 bridgehead atoms. The summed E-state index contributed by atoms with van der Waals surface area (Å²) in [6.07, 6.45) is 2.50. The minimum absolute atomic E-state index is 0.0435. The number of hydrogen-bond donors (Lipinski definition) is 1. The van der Waals surface area contributed by atoms with E-state index in [1.54, 1.807) is 0 Å². The highest BCUT2D eigenvalue weighted by atomic mass is 79.9. The van der Waals surface area contributed by atoms with Gasteiger partial charge < -0.3 is 9.67 Å². The van der Waals surface area contributed by atoms with Crippen LogP contribution in [-0.4, -0.2) is 26.4 Å². The molecule has 1 heterocycles. The topological polar surface area (TPSA) is 55.1 Å². The molecule has 0 saturated heterocycles. The van der Waals surface area contributed by atoms with Crippen LogP contribution in [-0.2, 0) is 4.79 Å². The molecule has 20 heavy (non-hydrogen) atoms. The molecular weight excluding hydrogens is 340 g/mol. The zero-order valence-corrected chi connectivity index (χ0v) is 13.4. The molecule has 4 nitrogen and oxygen atoms in total. The lowest BCUT2D eigenvalue weighted by Crippen LogP contribution is -2.09. The molecule has 0 radical (unpaired) electrons. The van der Waals surface area contributed by atoms with E-state index in [2.05, 4.69) is 38.5 Å². The van der Waals surface area contributed by atoms with E-state index < -0.39 is 5.97 Å². The fourth-order valence-electron chi connectivity index (χ4n) is 2.46. The van der Waals surface area contributed by atoms with Crippen LogP contribution in [0.1, 0.15) is 25.8 Å². The number of carboxylic acids is 1. The van der Waals surface area contributed by atoms with Crippen LogP contribution in [0.25, 0.3) is 11.0 Å². The molecule has 1 saturated carbocycles. The van der Waals surface area contributed by atoms with Crippen LogP contribution in [0.2, 0.25) is 0 Å². The van der Waals surface area contributed by atoms with Crippen LogP contribution in [0.4, 0.5) is 0 Å². The maximum atomic E-state index is 10.8. The molecular formula is C14H15BrN2O2S. The number of benzene rings is 1. The fraction of sp³-hybridized carbons (Fsp3) is 0.429. The van der Waals surface area contributed by atoms with Crippen LogP contribution >= 0.6 is 27.7 Å². The number of fused-ring (bicyclic) bond motifs is 1. The number of aromatic nitrogens is 2. The summed E-state index contributed by atoms with van der Waals surface area (Å²) in [5, 5.41) is 9.68. The average Bonchev–Trinajstić information content (AvgIpc) is 3.17. The van der Waals surface area contributed by atoms with Gasteiger partial charge >= 0.3 is 5.97 Å². The van der Waals surface area contributed by atoms with Gasteiger partial charge in [0.15, 0.2) is 5.16 Å². The van der Waals surface area contributed by atoms with Crippen molar-refractivity contribution >= 4 is 44.7 Å². The molecule has 1 unspecified atom stereocenters. The molecule has 1 N–H and O–H groups in total. The van der Waals surface area contributed by atoms with Crippen molar-refractivity contribution < 1.29 is 9.90 Å². The summed E-state index contributed by atoms with van der Waals surface area (Å²) in [6, 6.07) is 6.41. The molecule has 1 fully saturated rings. The molecule has 1 atom stereocenters. The van der Waals surface area contributed by atoms with Gasteiger partial charge in [-0.1, -0.05) is 27.7 Å². The van der Waals surface area contributed by atoms with Crippen molar-refractivity contribution in [2.75, 3.05) is 5.75 Å². The minimum atomic E-state index is -0.811. The standard InChI is InChI=1S/C14H15BrN2O2S/c1-8(9-2-3-9)17-12-5-4-10(15)6-11(12)16-14(17)20-7-13(18)19/h4-6,8-9H,2-3,7H2,1H3,(H,18,19). The Morgan fingerprint density at radius 3 is 3.00 bits per heavy atom. The van der Waals surface area contributed by atoms with E-state index in [1.807, 2.05) is 12.1 Å². The predicted octanol–water partition coefficient (Wildman–Crippen LogP) is 3.95. The van der Waals surface area contributed by atoms with Gasteiger partial charge in [0.2, 0.25) is 0 Å². The summed E-state index contributed by atoms with van der Waals surface area (Å²) in [6.45, 7) is 2.20. The third kappa shape index (κ3) is 2.72. The lowest BCUT2D eigenvalue weighted by Gasteiger charge is -2.16. The quantitative estimate of drug-likeness (QED) is 0.826. The molecule has 6 heteroatoms. The van der Waals surface area contributed by atoms with Crippen LogP contribution in [0.5, 0.6) is 0 Å². The monoisotopic (exact) mass is 354 g/mol. The first-order valence-corrected chi connectivity index (χ1v) is 8.36. The normalized spacial score (nSPS) is 16.5. The number of carbonyl (C=O) groups is 1. The number of rotatable bonds is 5. The Balaban J connectivity index is 2.05. The van der Waals surface area contributed by atoms with Gasteiger partial charge in [-0.05, 0) is 43.9 Å². The molecule has 2 aromatic rings. The highest BCUT2D eigenvalue weighted by molar-refractivity contribution is 9.10. The smallest absolute Gasteiger partial charge is 0.313 e. The average molecular weight is 355 g/mol. The van der Waals surface area contributed by atoms with Crippen molar-refractivity contribution in [1.82, 2.24) is 9.55 Å². The van der Waals surface area contributed by atoms with Gasteiger partial charge in [0.1, 0.15) is 0 Å². The predicted molar refractivity (Wildman–Crippen MR) is 83.2 cm³/mol. The maximum Gasteiger partial charge on any atom is 0.313 e. The fourth-order valence-corrected chi connectivity index (χ4v) is 3.63. The SMILES string of the molecule is CC(C1CC1)n1c(SCC(=O)O)nc2cc(Br)ccc21. The van der Waals surface area contributed by atoms with Gasteiger partial charge in [0.25, 0.3) is 0 Å². The molecule has 1 aliphatic carbocycles. The Bertz CT molecular complexity index is 666. The third-order valence-corrected chi connectivity index (χ3v) is 5.09. The Morgan fingerprint density at radius 2 is 2.35 bits per heavy atom. The van der Waals surface area contributed by atoms with Crippen molar-refractivity contribution in [3.63, 3.8) is 0 Å². The van der Waals surface area contributed by atoms with Crippen LogP contribution in [0, 0.1) is 5.92 Å². The lowest BCUT2D eigenvalue weighted by atomic mass is 10.2. The van der Waals surface area contributed by atoms with Gasteiger partial charge in [0, 0.05) is 10.5 Å². The second kappa shape index (κ2) is 5.41. The van der Waals surface area contributed by atoms with E-state index >= 15 is 0 Å². The molecule has 0 spiro atoms. The van der Waals surface area contributed by atoms with Crippen molar-refractivity contribution in [3.05, 3.63) is 22.7 Å². The van der Waals surface area contributed by atoms with Crippen molar-refractivity contribution in [2.45, 2.75) is 31.0 Å². The molecule has 0 amide bonds. The first-order chi connectivity index (χ1) is 9.56. The Labute approximate surface area is 129 Å². The van der Waals surface area contributed by atoms with Gasteiger partial charge in [-0.25, -0.2) is 4.98 Å². The number of carboxylic acid groups (broad SMARTS) is 1. The lowest BCUT2D eigenvalue weighted by molar-refractivity contribution is -0.133. The number of hydrogen-bond acceptors (Lipinski definition) is 3. The zero-order chi connectivity index (χ0) is 14.3. The second-order valence-electron chi connectivity index (χ2n) is 5.16. The second-order valence-corrected chi connectivity index (χ2v) is 7.02. The maximum absolute atomic E-state index is 10.8. The number of thioether (sulfide) groups is 1. The van der Waals surface area contributed by atoms with Crippen LogP contribution < -0.4 is 0 Å². The summed E-state index contributed by atoms with van der Waals surface area (Å²) in [7, 11) is 0. The van der Waals surface area contributed by atoms with E-state index in [0.717, 1.165) is 20.7 Å².